The number of nitrogens with one attached hydrogen (secondary N) is 1. The lowest BCUT2D eigenvalue weighted by molar-refractivity contribution is -0.138. The summed E-state index contributed by atoms with van der Waals surface area (Å²) in [5, 5.41) is 0. The van der Waals surface area contributed by atoms with Crippen LogP contribution in [0.2, 0.25) is 0 Å². The number of aromatic amines is 1. The first-order valence-electron chi connectivity index (χ1n) is 11.5. The molecule has 0 aromatic carbocycles. The van der Waals surface area contributed by atoms with Crippen molar-refractivity contribution in [3.8, 4) is 0 Å². The summed E-state index contributed by atoms with van der Waals surface area (Å²) in [5.74, 6) is 3.89. The molecule has 3 aliphatic carbocycles. The first-order chi connectivity index (χ1) is 14.4. The minimum atomic E-state index is 0.111. The molecular formula is C24H31N5O. The van der Waals surface area contributed by atoms with Gasteiger partial charge in [-0.05, 0) is 67.8 Å². The minimum Gasteiger partial charge on any atom is -0.339 e. The Morgan fingerprint density at radius 2 is 2.00 bits per heavy atom. The van der Waals surface area contributed by atoms with E-state index >= 15 is 0 Å². The van der Waals surface area contributed by atoms with Crippen LogP contribution < -0.4 is 0 Å². The Kier molecular flexibility index (Phi) is 3.79. The van der Waals surface area contributed by atoms with Gasteiger partial charge in [-0.1, -0.05) is 19.9 Å². The van der Waals surface area contributed by atoms with E-state index in [-0.39, 0.29) is 16.7 Å². The molecule has 0 radical (unpaired) electrons. The lowest BCUT2D eigenvalue weighted by Crippen LogP contribution is -2.59. The molecule has 158 valence electrons. The predicted molar refractivity (Wildman–Crippen MR) is 115 cm³/mol. The number of aromatic nitrogens is 4. The van der Waals surface area contributed by atoms with Gasteiger partial charge in [0, 0.05) is 24.4 Å². The van der Waals surface area contributed by atoms with Crippen LogP contribution in [0.3, 0.4) is 0 Å². The average molecular weight is 406 g/mol. The van der Waals surface area contributed by atoms with E-state index in [0.717, 1.165) is 35.2 Å². The van der Waals surface area contributed by atoms with E-state index in [0.29, 0.717) is 17.9 Å². The molecule has 3 heterocycles. The Morgan fingerprint density at radius 3 is 2.83 bits per heavy atom. The van der Waals surface area contributed by atoms with Crippen molar-refractivity contribution in [3.63, 3.8) is 0 Å². The molecule has 0 bridgehead atoms. The molecule has 30 heavy (non-hydrogen) atoms. The molecule has 1 amide bonds. The van der Waals surface area contributed by atoms with E-state index in [4.69, 9.17) is 4.98 Å². The number of rotatable bonds is 1. The summed E-state index contributed by atoms with van der Waals surface area (Å²) >= 11 is 0. The summed E-state index contributed by atoms with van der Waals surface area (Å²) in [4.78, 5) is 31.2. The van der Waals surface area contributed by atoms with Crippen molar-refractivity contribution < 1.29 is 4.79 Å². The number of likely N-dealkylation sites (N-methyl/N-ethyl adjacent to an activating group) is 1. The van der Waals surface area contributed by atoms with Gasteiger partial charge in [0.2, 0.25) is 5.91 Å². The number of hydrogen-bond acceptors (Lipinski definition) is 4. The van der Waals surface area contributed by atoms with Crippen molar-refractivity contribution in [1.29, 1.82) is 0 Å². The molecule has 2 unspecified atom stereocenters. The molecular weight excluding hydrogens is 374 g/mol. The first-order valence-corrected chi connectivity index (χ1v) is 11.5. The number of H-pyrrole nitrogens is 1. The van der Waals surface area contributed by atoms with Crippen LogP contribution in [0.1, 0.15) is 64.1 Å². The van der Waals surface area contributed by atoms with Gasteiger partial charge in [-0.2, -0.15) is 0 Å². The number of nitrogens with zero attached hydrogens (tertiary/aromatic N) is 4. The van der Waals surface area contributed by atoms with Crippen molar-refractivity contribution in [2.45, 2.75) is 64.3 Å². The maximum atomic E-state index is 12.3. The third kappa shape index (κ3) is 2.31. The molecule has 2 aromatic heterocycles. The van der Waals surface area contributed by atoms with Crippen LogP contribution in [0.25, 0.3) is 11.2 Å². The normalized spacial score (nSPS) is 42.8. The summed E-state index contributed by atoms with van der Waals surface area (Å²) in [6.45, 7) is 4.94. The molecule has 1 aliphatic heterocycles. The third-order valence-corrected chi connectivity index (χ3v) is 9.64. The summed E-state index contributed by atoms with van der Waals surface area (Å²) in [6.07, 6.45) is 14.8. The van der Waals surface area contributed by atoms with Crippen molar-refractivity contribution in [2.75, 3.05) is 7.05 Å². The van der Waals surface area contributed by atoms with E-state index in [1.807, 2.05) is 24.2 Å². The number of carbonyl (C=O) groups excluding carboxylic acids is 1. The maximum Gasteiger partial charge on any atom is 0.246 e. The quantitative estimate of drug-likeness (QED) is 0.776. The lowest BCUT2D eigenvalue weighted by atomic mass is 9.47. The molecule has 0 spiro atoms. The average Bonchev–Trinajstić information content (AvgIpc) is 3.31. The lowest BCUT2D eigenvalue weighted by Gasteiger charge is -2.60. The Hall–Kier alpha value is -2.24. The van der Waals surface area contributed by atoms with Crippen LogP contribution in [-0.4, -0.2) is 43.8 Å². The molecule has 3 saturated carbocycles. The molecule has 6 nitrogen and oxygen atoms in total. The van der Waals surface area contributed by atoms with Crippen molar-refractivity contribution in [2.24, 2.45) is 28.6 Å². The first kappa shape index (κ1) is 18.5. The molecule has 3 fully saturated rings. The van der Waals surface area contributed by atoms with Gasteiger partial charge in [0.05, 0.1) is 6.20 Å². The van der Waals surface area contributed by atoms with Gasteiger partial charge in [-0.3, -0.25) is 4.79 Å². The van der Waals surface area contributed by atoms with E-state index < -0.39 is 0 Å². The number of carbonyl (C=O) groups is 1. The second-order valence-corrected chi connectivity index (χ2v) is 10.7. The van der Waals surface area contributed by atoms with E-state index in [9.17, 15) is 4.79 Å². The highest BCUT2D eigenvalue weighted by atomic mass is 16.2. The maximum absolute atomic E-state index is 12.3. The number of imidazole rings is 1. The second-order valence-electron chi connectivity index (χ2n) is 10.7. The predicted octanol–water partition coefficient (Wildman–Crippen LogP) is 4.08. The summed E-state index contributed by atoms with van der Waals surface area (Å²) in [6, 6.07) is 0.353. The summed E-state index contributed by atoms with van der Waals surface area (Å²) in [5.41, 5.74) is 2.13. The van der Waals surface area contributed by atoms with Crippen molar-refractivity contribution in [3.05, 3.63) is 30.5 Å². The highest BCUT2D eigenvalue weighted by Crippen LogP contribution is 2.67. The molecule has 2 aromatic rings. The van der Waals surface area contributed by atoms with Gasteiger partial charge < -0.3 is 9.88 Å². The van der Waals surface area contributed by atoms with E-state index in [1.54, 1.807) is 6.33 Å². The van der Waals surface area contributed by atoms with Gasteiger partial charge in [0.15, 0.2) is 5.65 Å². The smallest absolute Gasteiger partial charge is 0.246 e. The van der Waals surface area contributed by atoms with Crippen LogP contribution in [0, 0.1) is 28.6 Å². The zero-order valence-electron chi connectivity index (χ0n) is 18.1. The van der Waals surface area contributed by atoms with Crippen LogP contribution in [-0.2, 0) is 4.79 Å². The zero-order chi connectivity index (χ0) is 20.7. The number of amides is 1. The summed E-state index contributed by atoms with van der Waals surface area (Å²) < 4.78 is 0. The van der Waals surface area contributed by atoms with Crippen LogP contribution in [0.4, 0.5) is 0 Å². The zero-order valence-corrected chi connectivity index (χ0v) is 18.1. The standard InChI is InChI=1S/C24H31N5O/c1-23-10-8-16-14(4-7-19-24(16,2)11-9-20(30)29(19)3)15(23)5-6-17(23)21-27-18-12-25-13-26-22(18)28-21/h9,11-17,19H,4-8,10H2,1-3H3,(H,25,26,27,28)/t14?,15-,16?,17+,19+,23-,24+/m0/s1. The minimum absolute atomic E-state index is 0.111. The van der Waals surface area contributed by atoms with Gasteiger partial charge in [0.25, 0.3) is 0 Å². The topological polar surface area (TPSA) is 74.8 Å². The summed E-state index contributed by atoms with van der Waals surface area (Å²) in [7, 11) is 2.00. The van der Waals surface area contributed by atoms with Gasteiger partial charge in [0.1, 0.15) is 17.7 Å². The van der Waals surface area contributed by atoms with Crippen molar-refractivity contribution in [1.82, 2.24) is 24.8 Å². The number of hydrogen-bond donors (Lipinski definition) is 1. The molecule has 0 saturated heterocycles. The van der Waals surface area contributed by atoms with E-state index in [2.05, 4.69) is 34.9 Å². The highest BCUT2D eigenvalue weighted by Gasteiger charge is 2.60. The molecule has 6 heteroatoms. The second kappa shape index (κ2) is 6.14. The van der Waals surface area contributed by atoms with E-state index in [1.165, 1.54) is 32.1 Å². The van der Waals surface area contributed by atoms with Crippen LogP contribution in [0.5, 0.6) is 0 Å². The Morgan fingerprint density at radius 1 is 1.13 bits per heavy atom. The molecule has 6 rings (SSSR count). The SMILES string of the molecule is CN1C(=O)C=C[C@]2(C)C3CC[C@]4(C)[C@@H](c5nc6ncncc6[nH]5)CC[C@H]4C3CC[C@@H]12. The third-order valence-electron chi connectivity index (χ3n) is 9.64. The monoisotopic (exact) mass is 405 g/mol. The van der Waals surface area contributed by atoms with Gasteiger partial charge in [-0.25, -0.2) is 15.0 Å². The Balaban J connectivity index is 1.34. The van der Waals surface area contributed by atoms with Crippen LogP contribution in [0.15, 0.2) is 24.7 Å². The fourth-order valence-corrected chi connectivity index (χ4v) is 8.13. The molecule has 4 aliphatic rings. The Labute approximate surface area is 177 Å². The van der Waals surface area contributed by atoms with Crippen molar-refractivity contribution >= 4 is 17.1 Å². The molecule has 1 N–H and O–H groups in total. The number of fused-ring (bicyclic) bond motifs is 6. The largest absolute Gasteiger partial charge is 0.339 e. The fourth-order valence-electron chi connectivity index (χ4n) is 8.13. The Bertz CT molecular complexity index is 1010. The van der Waals surface area contributed by atoms with Gasteiger partial charge in [-0.15, -0.1) is 0 Å². The fraction of sp³-hybridized carbons (Fsp3) is 0.667. The molecule has 7 atom stereocenters. The van der Waals surface area contributed by atoms with Gasteiger partial charge >= 0.3 is 0 Å². The highest BCUT2D eigenvalue weighted by molar-refractivity contribution is 5.89. The van der Waals surface area contributed by atoms with Crippen LogP contribution >= 0.6 is 0 Å².